The second-order valence-corrected chi connectivity index (χ2v) is 5.67. The topological polar surface area (TPSA) is 38.0 Å². The molecule has 1 unspecified atom stereocenters. The first-order chi connectivity index (χ1) is 9.20. The zero-order valence-electron chi connectivity index (χ0n) is 12.2. The minimum atomic E-state index is -4.35. The average molecular weight is 288 g/mol. The summed E-state index contributed by atoms with van der Waals surface area (Å²) in [5.41, 5.74) is 5.67. The van der Waals surface area contributed by atoms with Gasteiger partial charge in [0.05, 0.1) is 16.9 Å². The molecule has 1 atom stereocenters. The Labute approximate surface area is 118 Å². The highest BCUT2D eigenvalue weighted by atomic mass is 19.4. The number of nitrogens with one attached hydrogen (secondary N) is 1. The number of nitrogen functional groups attached to an aromatic ring is 1. The van der Waals surface area contributed by atoms with Crippen molar-refractivity contribution in [1.82, 2.24) is 0 Å². The Kier molecular flexibility index (Phi) is 5.72. The Balaban J connectivity index is 2.60. The predicted octanol–water partition coefficient (Wildman–Crippen LogP) is 4.91. The quantitative estimate of drug-likeness (QED) is 0.729. The number of rotatable bonds is 6. The van der Waals surface area contributed by atoms with Crippen LogP contribution in [0.5, 0.6) is 0 Å². The van der Waals surface area contributed by atoms with Gasteiger partial charge in [-0.25, -0.2) is 0 Å². The summed E-state index contributed by atoms with van der Waals surface area (Å²) in [6.45, 7) is 6.36. The zero-order valence-corrected chi connectivity index (χ0v) is 12.2. The molecule has 1 rings (SSSR count). The van der Waals surface area contributed by atoms with Crippen LogP contribution in [0.15, 0.2) is 18.2 Å². The van der Waals surface area contributed by atoms with Crippen molar-refractivity contribution in [3.63, 3.8) is 0 Å². The van der Waals surface area contributed by atoms with Gasteiger partial charge in [0.1, 0.15) is 0 Å². The molecule has 5 heteroatoms. The van der Waals surface area contributed by atoms with Crippen LogP contribution < -0.4 is 11.1 Å². The van der Waals surface area contributed by atoms with E-state index in [4.69, 9.17) is 5.73 Å². The van der Waals surface area contributed by atoms with Gasteiger partial charge in [0.25, 0.3) is 0 Å². The largest absolute Gasteiger partial charge is 0.416 e. The van der Waals surface area contributed by atoms with E-state index >= 15 is 0 Å². The van der Waals surface area contributed by atoms with Gasteiger partial charge in [-0.05, 0) is 37.5 Å². The predicted molar refractivity (Wildman–Crippen MR) is 77.6 cm³/mol. The van der Waals surface area contributed by atoms with Crippen LogP contribution in [-0.2, 0) is 6.18 Å². The van der Waals surface area contributed by atoms with Gasteiger partial charge in [0, 0.05) is 6.04 Å². The van der Waals surface area contributed by atoms with Crippen LogP contribution in [-0.4, -0.2) is 6.04 Å². The molecule has 0 saturated carbocycles. The fourth-order valence-corrected chi connectivity index (χ4v) is 2.04. The lowest BCUT2D eigenvalue weighted by Gasteiger charge is -2.18. The highest BCUT2D eigenvalue weighted by Gasteiger charge is 2.30. The van der Waals surface area contributed by atoms with E-state index in [2.05, 4.69) is 19.2 Å². The van der Waals surface area contributed by atoms with E-state index in [9.17, 15) is 13.2 Å². The van der Waals surface area contributed by atoms with Crippen molar-refractivity contribution in [3.8, 4) is 0 Å². The molecule has 0 radical (unpaired) electrons. The SMILES string of the molecule is CC(C)CCCC(C)Nc1ccc(C(F)(F)F)cc1N. The van der Waals surface area contributed by atoms with Crippen LogP contribution in [0.1, 0.15) is 45.6 Å². The minimum Gasteiger partial charge on any atom is -0.397 e. The smallest absolute Gasteiger partial charge is 0.397 e. The Morgan fingerprint density at radius 3 is 2.30 bits per heavy atom. The summed E-state index contributed by atoms with van der Waals surface area (Å²) in [6.07, 6.45) is -1.14. The fraction of sp³-hybridized carbons (Fsp3) is 0.600. The van der Waals surface area contributed by atoms with Crippen molar-refractivity contribution < 1.29 is 13.2 Å². The van der Waals surface area contributed by atoms with E-state index in [0.29, 0.717) is 11.6 Å². The van der Waals surface area contributed by atoms with Gasteiger partial charge in [-0.3, -0.25) is 0 Å². The molecule has 0 aliphatic rings. The highest BCUT2D eigenvalue weighted by molar-refractivity contribution is 5.67. The highest BCUT2D eigenvalue weighted by Crippen LogP contribution is 2.33. The van der Waals surface area contributed by atoms with Gasteiger partial charge in [-0.2, -0.15) is 13.2 Å². The first-order valence-corrected chi connectivity index (χ1v) is 6.93. The maximum atomic E-state index is 12.5. The zero-order chi connectivity index (χ0) is 15.3. The molecule has 0 heterocycles. The molecule has 20 heavy (non-hydrogen) atoms. The van der Waals surface area contributed by atoms with Crippen molar-refractivity contribution in [2.45, 2.75) is 52.3 Å². The Morgan fingerprint density at radius 2 is 1.80 bits per heavy atom. The number of hydrogen-bond donors (Lipinski definition) is 2. The van der Waals surface area contributed by atoms with E-state index in [1.54, 1.807) is 0 Å². The lowest BCUT2D eigenvalue weighted by molar-refractivity contribution is -0.137. The summed E-state index contributed by atoms with van der Waals surface area (Å²) >= 11 is 0. The van der Waals surface area contributed by atoms with Crippen LogP contribution in [0.4, 0.5) is 24.5 Å². The minimum absolute atomic E-state index is 0.135. The molecule has 0 aliphatic heterocycles. The normalized spacial score (nSPS) is 13.6. The van der Waals surface area contributed by atoms with E-state index < -0.39 is 11.7 Å². The Morgan fingerprint density at radius 1 is 1.15 bits per heavy atom. The van der Waals surface area contributed by atoms with Crippen molar-refractivity contribution >= 4 is 11.4 Å². The number of benzene rings is 1. The van der Waals surface area contributed by atoms with Gasteiger partial charge >= 0.3 is 6.18 Å². The number of hydrogen-bond acceptors (Lipinski definition) is 2. The van der Waals surface area contributed by atoms with Gasteiger partial charge in [0.15, 0.2) is 0 Å². The molecule has 0 fully saturated rings. The molecule has 2 nitrogen and oxygen atoms in total. The van der Waals surface area contributed by atoms with E-state index in [0.717, 1.165) is 31.4 Å². The van der Waals surface area contributed by atoms with Crippen LogP contribution in [0, 0.1) is 5.92 Å². The van der Waals surface area contributed by atoms with Gasteiger partial charge in [0.2, 0.25) is 0 Å². The van der Waals surface area contributed by atoms with Crippen molar-refractivity contribution in [2.24, 2.45) is 5.92 Å². The first-order valence-electron chi connectivity index (χ1n) is 6.93. The third-order valence-corrected chi connectivity index (χ3v) is 3.20. The monoisotopic (exact) mass is 288 g/mol. The van der Waals surface area contributed by atoms with Gasteiger partial charge < -0.3 is 11.1 Å². The molecule has 0 aliphatic carbocycles. The average Bonchev–Trinajstić information content (AvgIpc) is 2.29. The molecule has 0 aromatic heterocycles. The van der Waals surface area contributed by atoms with Crippen LogP contribution >= 0.6 is 0 Å². The van der Waals surface area contributed by atoms with E-state index in [-0.39, 0.29) is 11.7 Å². The molecule has 1 aromatic carbocycles. The summed E-state index contributed by atoms with van der Waals surface area (Å²) in [7, 11) is 0. The van der Waals surface area contributed by atoms with E-state index in [1.165, 1.54) is 6.07 Å². The molecule has 1 aromatic rings. The summed E-state index contributed by atoms with van der Waals surface area (Å²) in [5, 5.41) is 3.17. The van der Waals surface area contributed by atoms with Gasteiger partial charge in [-0.15, -0.1) is 0 Å². The number of alkyl halides is 3. The lowest BCUT2D eigenvalue weighted by Crippen LogP contribution is -2.17. The maximum Gasteiger partial charge on any atom is 0.416 e. The molecule has 3 N–H and O–H groups in total. The second kappa shape index (κ2) is 6.86. The summed E-state index contributed by atoms with van der Waals surface area (Å²) < 4.78 is 37.6. The Hall–Kier alpha value is -1.39. The number of halogens is 3. The summed E-state index contributed by atoms with van der Waals surface area (Å²) in [4.78, 5) is 0. The second-order valence-electron chi connectivity index (χ2n) is 5.67. The molecular formula is C15H23F3N2. The van der Waals surface area contributed by atoms with Crippen molar-refractivity contribution in [2.75, 3.05) is 11.1 Å². The molecule has 0 bridgehead atoms. The first kappa shape index (κ1) is 16.7. The van der Waals surface area contributed by atoms with Crippen molar-refractivity contribution in [1.29, 1.82) is 0 Å². The van der Waals surface area contributed by atoms with Gasteiger partial charge in [-0.1, -0.05) is 26.7 Å². The third-order valence-electron chi connectivity index (χ3n) is 3.20. The summed E-state index contributed by atoms with van der Waals surface area (Å²) in [6, 6.07) is 3.62. The van der Waals surface area contributed by atoms with Crippen LogP contribution in [0.2, 0.25) is 0 Å². The molecule has 0 spiro atoms. The third kappa shape index (κ3) is 5.31. The Bertz CT molecular complexity index is 428. The van der Waals surface area contributed by atoms with Crippen LogP contribution in [0.25, 0.3) is 0 Å². The van der Waals surface area contributed by atoms with Crippen molar-refractivity contribution in [3.05, 3.63) is 23.8 Å². The molecule has 0 amide bonds. The fourth-order valence-electron chi connectivity index (χ4n) is 2.04. The maximum absolute atomic E-state index is 12.5. The lowest BCUT2D eigenvalue weighted by atomic mass is 10.0. The molecule has 0 saturated heterocycles. The molecular weight excluding hydrogens is 265 g/mol. The van der Waals surface area contributed by atoms with Crippen LogP contribution in [0.3, 0.4) is 0 Å². The number of nitrogens with two attached hydrogens (primary N) is 1. The molecule has 114 valence electrons. The number of anilines is 2. The summed E-state index contributed by atoms with van der Waals surface area (Å²) in [5.74, 6) is 0.665. The van der Waals surface area contributed by atoms with E-state index in [1.807, 2.05) is 6.92 Å². The standard InChI is InChI=1S/C15H23F3N2/c1-10(2)5-4-6-11(3)20-14-8-7-12(9-13(14)19)15(16,17)18/h7-11,20H,4-6,19H2,1-3H3.